The molecule has 1 aromatic heterocycles. The Kier molecular flexibility index (Phi) is 5.42. The van der Waals surface area contributed by atoms with Crippen LogP contribution < -0.4 is 16.2 Å². The lowest BCUT2D eigenvalue weighted by Crippen LogP contribution is -2.16. The second-order valence-corrected chi connectivity index (χ2v) is 6.47. The largest absolute Gasteiger partial charge is 0.476 e. The Labute approximate surface area is 147 Å². The lowest BCUT2D eigenvalue weighted by Gasteiger charge is -2.21. The summed E-state index contributed by atoms with van der Waals surface area (Å²) in [6.45, 7) is 2.60. The third-order valence-electron chi connectivity index (χ3n) is 4.38. The van der Waals surface area contributed by atoms with Crippen molar-refractivity contribution in [2.24, 2.45) is 16.1 Å². The van der Waals surface area contributed by atoms with Gasteiger partial charge in [0.1, 0.15) is 0 Å². The molecule has 0 aliphatic heterocycles. The predicted octanol–water partition coefficient (Wildman–Crippen LogP) is 4.32. The Hall–Kier alpha value is -2.70. The topological polar surface area (TPSA) is 112 Å². The molecule has 1 fully saturated rings. The quantitative estimate of drug-likeness (QED) is 0.787. The lowest BCUT2D eigenvalue weighted by atomic mass is 9.90. The third kappa shape index (κ3) is 4.65. The monoisotopic (exact) mass is 340 g/mol. The Morgan fingerprint density at radius 2 is 1.76 bits per heavy atom. The van der Waals surface area contributed by atoms with E-state index in [1.807, 2.05) is 31.2 Å². The zero-order chi connectivity index (χ0) is 17.6. The standard InChI is InChI=1S/C18H24N6O/c1-12-7-9-14(10-8-12)23-24-15-16(19)21-18(20)22-17(15)25-11-13-5-3-2-4-6-13/h7-10,13H,2-6,11H2,1H3,(H4,19,20,21,22). The number of benzene rings is 1. The maximum absolute atomic E-state index is 5.95. The van der Waals surface area contributed by atoms with Gasteiger partial charge >= 0.3 is 0 Å². The molecular weight excluding hydrogens is 316 g/mol. The molecule has 0 atom stereocenters. The van der Waals surface area contributed by atoms with Crippen molar-refractivity contribution in [1.29, 1.82) is 0 Å². The van der Waals surface area contributed by atoms with Gasteiger partial charge < -0.3 is 16.2 Å². The highest BCUT2D eigenvalue weighted by molar-refractivity contribution is 5.65. The van der Waals surface area contributed by atoms with E-state index < -0.39 is 0 Å². The summed E-state index contributed by atoms with van der Waals surface area (Å²) in [5.74, 6) is 1.08. The molecule has 1 saturated carbocycles. The number of azo groups is 1. The van der Waals surface area contributed by atoms with Crippen LogP contribution in [0.15, 0.2) is 34.5 Å². The average molecular weight is 340 g/mol. The van der Waals surface area contributed by atoms with Crippen LogP contribution in [0.5, 0.6) is 5.88 Å². The molecule has 1 heterocycles. The summed E-state index contributed by atoms with van der Waals surface area (Å²) in [5, 5.41) is 8.41. The van der Waals surface area contributed by atoms with E-state index in [0.717, 1.165) is 11.3 Å². The van der Waals surface area contributed by atoms with Gasteiger partial charge in [-0.15, -0.1) is 5.11 Å². The summed E-state index contributed by atoms with van der Waals surface area (Å²) in [4.78, 5) is 8.12. The zero-order valence-electron chi connectivity index (χ0n) is 14.5. The molecule has 4 N–H and O–H groups in total. The normalized spacial score (nSPS) is 15.6. The van der Waals surface area contributed by atoms with E-state index in [2.05, 4.69) is 20.2 Å². The maximum Gasteiger partial charge on any atom is 0.249 e. The van der Waals surface area contributed by atoms with Gasteiger partial charge in [-0.05, 0) is 37.8 Å². The van der Waals surface area contributed by atoms with Crippen molar-refractivity contribution in [2.75, 3.05) is 18.1 Å². The van der Waals surface area contributed by atoms with Crippen LogP contribution in [0, 0.1) is 12.8 Å². The highest BCUT2D eigenvalue weighted by atomic mass is 16.5. The minimum absolute atomic E-state index is 0.0745. The number of hydrogen-bond acceptors (Lipinski definition) is 7. The molecule has 0 bridgehead atoms. The first-order valence-electron chi connectivity index (χ1n) is 8.66. The van der Waals surface area contributed by atoms with Crippen molar-refractivity contribution in [3.63, 3.8) is 0 Å². The number of rotatable bonds is 5. The number of aromatic nitrogens is 2. The first-order chi connectivity index (χ1) is 12.1. The predicted molar refractivity (Wildman–Crippen MR) is 98.3 cm³/mol. The smallest absolute Gasteiger partial charge is 0.249 e. The van der Waals surface area contributed by atoms with E-state index >= 15 is 0 Å². The molecule has 1 aromatic carbocycles. The minimum Gasteiger partial charge on any atom is -0.476 e. The molecule has 0 amide bonds. The Bertz CT molecular complexity index is 738. The minimum atomic E-state index is 0.0745. The second kappa shape index (κ2) is 7.92. The van der Waals surface area contributed by atoms with E-state index in [1.165, 1.54) is 32.1 Å². The van der Waals surface area contributed by atoms with Gasteiger partial charge in [-0.25, -0.2) is 0 Å². The number of nitrogens with two attached hydrogens (primary N) is 2. The van der Waals surface area contributed by atoms with Crippen LogP contribution in [0.3, 0.4) is 0 Å². The molecule has 2 aromatic rings. The van der Waals surface area contributed by atoms with Gasteiger partial charge in [0.25, 0.3) is 0 Å². The molecule has 0 unspecified atom stereocenters. The van der Waals surface area contributed by atoms with Crippen molar-refractivity contribution >= 4 is 23.1 Å². The highest BCUT2D eigenvalue weighted by Crippen LogP contribution is 2.34. The first kappa shape index (κ1) is 17.1. The summed E-state index contributed by atoms with van der Waals surface area (Å²) in [5.41, 5.74) is 13.9. The number of nitrogen functional groups attached to an aromatic ring is 2. The number of aryl methyl sites for hydroxylation is 1. The molecule has 25 heavy (non-hydrogen) atoms. The van der Waals surface area contributed by atoms with Crippen molar-refractivity contribution in [3.8, 4) is 5.88 Å². The number of hydrogen-bond donors (Lipinski definition) is 2. The van der Waals surface area contributed by atoms with E-state index in [9.17, 15) is 0 Å². The summed E-state index contributed by atoms with van der Waals surface area (Å²) in [6, 6.07) is 7.71. The van der Waals surface area contributed by atoms with Gasteiger partial charge in [-0.1, -0.05) is 37.0 Å². The fourth-order valence-electron chi connectivity index (χ4n) is 2.93. The fourth-order valence-corrected chi connectivity index (χ4v) is 2.93. The van der Waals surface area contributed by atoms with Crippen molar-refractivity contribution in [3.05, 3.63) is 29.8 Å². The van der Waals surface area contributed by atoms with Gasteiger partial charge in [0.15, 0.2) is 11.5 Å². The molecule has 132 valence electrons. The van der Waals surface area contributed by atoms with Gasteiger partial charge in [0.2, 0.25) is 11.8 Å². The van der Waals surface area contributed by atoms with Crippen LogP contribution >= 0.6 is 0 Å². The third-order valence-corrected chi connectivity index (χ3v) is 4.38. The highest BCUT2D eigenvalue weighted by Gasteiger charge is 2.18. The second-order valence-electron chi connectivity index (χ2n) is 6.47. The molecule has 1 aliphatic carbocycles. The summed E-state index contributed by atoms with van der Waals surface area (Å²) in [7, 11) is 0. The van der Waals surface area contributed by atoms with E-state index in [-0.39, 0.29) is 11.8 Å². The number of nitrogens with zero attached hydrogens (tertiary/aromatic N) is 4. The van der Waals surface area contributed by atoms with Gasteiger partial charge in [0.05, 0.1) is 12.3 Å². The molecule has 1 aliphatic rings. The Morgan fingerprint density at radius 1 is 1.04 bits per heavy atom. The molecule has 0 saturated heterocycles. The molecule has 7 heteroatoms. The molecule has 0 spiro atoms. The Balaban J connectivity index is 1.78. The van der Waals surface area contributed by atoms with Gasteiger partial charge in [-0.3, -0.25) is 0 Å². The molecule has 3 rings (SSSR count). The summed E-state index contributed by atoms with van der Waals surface area (Å²) < 4.78 is 5.88. The van der Waals surface area contributed by atoms with E-state index in [1.54, 1.807) is 0 Å². The van der Waals surface area contributed by atoms with E-state index in [0.29, 0.717) is 24.1 Å². The maximum atomic E-state index is 5.95. The van der Waals surface area contributed by atoms with Crippen LogP contribution in [-0.4, -0.2) is 16.6 Å². The van der Waals surface area contributed by atoms with Crippen molar-refractivity contribution in [1.82, 2.24) is 9.97 Å². The molecule has 7 nitrogen and oxygen atoms in total. The van der Waals surface area contributed by atoms with Crippen LogP contribution in [0.2, 0.25) is 0 Å². The molecular formula is C18H24N6O. The van der Waals surface area contributed by atoms with Gasteiger partial charge in [0, 0.05) is 0 Å². The Morgan fingerprint density at radius 3 is 2.48 bits per heavy atom. The number of ether oxygens (including phenoxy) is 1. The van der Waals surface area contributed by atoms with Crippen LogP contribution in [0.1, 0.15) is 37.7 Å². The zero-order valence-corrected chi connectivity index (χ0v) is 14.5. The van der Waals surface area contributed by atoms with Crippen molar-refractivity contribution < 1.29 is 4.74 Å². The summed E-state index contributed by atoms with van der Waals surface area (Å²) >= 11 is 0. The van der Waals surface area contributed by atoms with E-state index in [4.69, 9.17) is 16.2 Å². The average Bonchev–Trinajstić information content (AvgIpc) is 2.61. The van der Waals surface area contributed by atoms with Crippen LogP contribution in [-0.2, 0) is 0 Å². The molecule has 0 radical (unpaired) electrons. The first-order valence-corrected chi connectivity index (χ1v) is 8.66. The SMILES string of the molecule is Cc1ccc(N=Nc2c(N)nc(N)nc2OCC2CCCCC2)cc1. The summed E-state index contributed by atoms with van der Waals surface area (Å²) in [6.07, 6.45) is 6.16. The van der Waals surface area contributed by atoms with Crippen LogP contribution in [0.25, 0.3) is 0 Å². The lowest BCUT2D eigenvalue weighted by molar-refractivity contribution is 0.203. The van der Waals surface area contributed by atoms with Gasteiger partial charge in [-0.2, -0.15) is 15.1 Å². The van der Waals surface area contributed by atoms with Crippen molar-refractivity contribution in [2.45, 2.75) is 39.0 Å². The number of anilines is 2. The van der Waals surface area contributed by atoms with Crippen LogP contribution in [0.4, 0.5) is 23.1 Å². The fraction of sp³-hybridized carbons (Fsp3) is 0.444.